The van der Waals surface area contributed by atoms with Crippen molar-refractivity contribution in [3.63, 3.8) is 0 Å². The van der Waals surface area contributed by atoms with Gasteiger partial charge in [-0.15, -0.1) is 0 Å². The lowest BCUT2D eigenvalue weighted by molar-refractivity contribution is 0.0580. The second kappa shape index (κ2) is 6.54. The second-order valence-electron chi connectivity index (χ2n) is 8.37. The third-order valence-electron chi connectivity index (χ3n) is 5.69. The predicted octanol–water partition coefficient (Wildman–Crippen LogP) is 3.53. The van der Waals surface area contributed by atoms with Gasteiger partial charge >= 0.3 is 0 Å². The molecule has 0 spiro atoms. The van der Waals surface area contributed by atoms with Crippen LogP contribution in [0.3, 0.4) is 0 Å². The van der Waals surface area contributed by atoms with Crippen LogP contribution in [-0.2, 0) is 0 Å². The number of likely N-dealkylation sites (tertiary alicyclic amines) is 1. The van der Waals surface area contributed by atoms with Crippen molar-refractivity contribution in [3.05, 3.63) is 47.3 Å². The Morgan fingerprint density at radius 2 is 1.93 bits per heavy atom. The molecule has 1 atom stereocenters. The van der Waals surface area contributed by atoms with E-state index in [0.717, 1.165) is 65.9 Å². The lowest BCUT2D eigenvalue weighted by Crippen LogP contribution is -2.38. The molecule has 0 amide bonds. The van der Waals surface area contributed by atoms with Gasteiger partial charge in [0.15, 0.2) is 5.65 Å². The van der Waals surface area contributed by atoms with Crippen LogP contribution in [0.2, 0.25) is 0 Å². The highest BCUT2D eigenvalue weighted by Gasteiger charge is 2.48. The first-order valence-corrected chi connectivity index (χ1v) is 10.4. The molecule has 28 heavy (non-hydrogen) atoms. The van der Waals surface area contributed by atoms with Crippen molar-refractivity contribution < 1.29 is 9.84 Å². The molecule has 5 rings (SSSR count). The fourth-order valence-corrected chi connectivity index (χ4v) is 4.35. The van der Waals surface area contributed by atoms with Gasteiger partial charge in [-0.3, -0.25) is 4.90 Å². The Balaban J connectivity index is 1.28. The van der Waals surface area contributed by atoms with Gasteiger partial charge in [0.05, 0.1) is 16.3 Å². The summed E-state index contributed by atoms with van der Waals surface area (Å²) in [6.07, 6.45) is 8.56. The van der Waals surface area contributed by atoms with E-state index in [1.165, 1.54) is 0 Å². The Labute approximate surface area is 172 Å². The van der Waals surface area contributed by atoms with Crippen molar-refractivity contribution in [1.29, 1.82) is 0 Å². The summed E-state index contributed by atoms with van der Waals surface area (Å²) < 4.78 is 9.00. The molecule has 7 heteroatoms. The highest BCUT2D eigenvalue weighted by Crippen LogP contribution is 2.42. The number of rotatable bonds is 5. The summed E-state index contributed by atoms with van der Waals surface area (Å²) in [5.41, 5.74) is 2.24. The largest absolute Gasteiger partial charge is 0.486 e. The summed E-state index contributed by atoms with van der Waals surface area (Å²) in [5.74, 6) is 0.892. The molecule has 6 nitrogen and oxygen atoms in total. The molecule has 0 radical (unpaired) electrons. The standard InChI is InChI=1S/C21H23BrN4O2/c1-20(27)8-9-25(13-20)14-21(6-7-21)28-17-4-2-15(3-5-17)16-10-23-19-18(22)11-24-26(19)12-16/h2-5,10-12,27H,6-9,13-14H2,1H3/t20-/m1/s1. The molecule has 1 saturated carbocycles. The van der Waals surface area contributed by atoms with E-state index in [-0.39, 0.29) is 5.60 Å². The Bertz CT molecular complexity index is 1010. The molecular formula is C21H23BrN4O2. The summed E-state index contributed by atoms with van der Waals surface area (Å²) >= 11 is 3.45. The van der Waals surface area contributed by atoms with Crippen molar-refractivity contribution in [2.75, 3.05) is 19.6 Å². The van der Waals surface area contributed by atoms with E-state index in [4.69, 9.17) is 4.74 Å². The van der Waals surface area contributed by atoms with Gasteiger partial charge in [0.25, 0.3) is 0 Å². The molecule has 2 aromatic heterocycles. The third kappa shape index (κ3) is 3.54. The van der Waals surface area contributed by atoms with Crippen LogP contribution in [0.15, 0.2) is 47.3 Å². The van der Waals surface area contributed by atoms with Crippen molar-refractivity contribution in [3.8, 4) is 16.9 Å². The zero-order chi connectivity index (χ0) is 19.4. The van der Waals surface area contributed by atoms with Gasteiger partial charge in [0.1, 0.15) is 11.4 Å². The van der Waals surface area contributed by atoms with Gasteiger partial charge in [-0.05, 0) is 59.8 Å². The van der Waals surface area contributed by atoms with Gasteiger partial charge in [0, 0.05) is 37.6 Å². The van der Waals surface area contributed by atoms with Crippen LogP contribution in [-0.4, -0.2) is 55.4 Å². The highest BCUT2D eigenvalue weighted by atomic mass is 79.9. The van der Waals surface area contributed by atoms with E-state index >= 15 is 0 Å². The van der Waals surface area contributed by atoms with Crippen LogP contribution in [0.25, 0.3) is 16.8 Å². The number of hydrogen-bond acceptors (Lipinski definition) is 5. The van der Waals surface area contributed by atoms with E-state index in [1.54, 1.807) is 10.7 Å². The maximum absolute atomic E-state index is 10.2. The molecule has 146 valence electrons. The average molecular weight is 443 g/mol. The molecule has 1 aromatic carbocycles. The van der Waals surface area contributed by atoms with Crippen LogP contribution >= 0.6 is 15.9 Å². The lowest BCUT2D eigenvalue weighted by Gasteiger charge is -2.25. The molecule has 1 saturated heterocycles. The smallest absolute Gasteiger partial charge is 0.169 e. The van der Waals surface area contributed by atoms with E-state index in [2.05, 4.69) is 43.0 Å². The summed E-state index contributed by atoms with van der Waals surface area (Å²) in [5, 5.41) is 14.5. The zero-order valence-electron chi connectivity index (χ0n) is 15.8. The number of aliphatic hydroxyl groups is 1. The minimum absolute atomic E-state index is 0.0935. The molecule has 2 aliphatic rings. The third-order valence-corrected chi connectivity index (χ3v) is 6.25. The zero-order valence-corrected chi connectivity index (χ0v) is 17.4. The normalized spacial score (nSPS) is 24.0. The van der Waals surface area contributed by atoms with Crippen molar-refractivity contribution in [2.45, 2.75) is 37.4 Å². The van der Waals surface area contributed by atoms with Crippen LogP contribution < -0.4 is 4.74 Å². The van der Waals surface area contributed by atoms with Crippen LogP contribution in [0, 0.1) is 0 Å². The van der Waals surface area contributed by atoms with Crippen LogP contribution in [0.1, 0.15) is 26.2 Å². The van der Waals surface area contributed by atoms with E-state index in [1.807, 2.05) is 31.5 Å². The second-order valence-corrected chi connectivity index (χ2v) is 9.22. The molecule has 1 aliphatic carbocycles. The van der Waals surface area contributed by atoms with E-state index < -0.39 is 5.60 Å². The number of β-amino-alcohol motifs (C(OH)–C–C–N with tert-alkyl or cyclic N) is 1. The fourth-order valence-electron chi connectivity index (χ4n) is 3.97. The Hall–Kier alpha value is -1.96. The molecular weight excluding hydrogens is 420 g/mol. The molecule has 0 bridgehead atoms. The minimum Gasteiger partial charge on any atom is -0.486 e. The molecule has 1 aliphatic heterocycles. The maximum Gasteiger partial charge on any atom is 0.169 e. The Morgan fingerprint density at radius 1 is 1.14 bits per heavy atom. The molecule has 3 heterocycles. The summed E-state index contributed by atoms with van der Waals surface area (Å²) in [4.78, 5) is 6.80. The Kier molecular flexibility index (Phi) is 4.23. The number of nitrogens with zero attached hydrogens (tertiary/aromatic N) is 4. The number of hydrogen-bond donors (Lipinski definition) is 1. The molecule has 1 N–H and O–H groups in total. The SMILES string of the molecule is C[C@@]1(O)CCN(CC2(Oc3ccc(-c4cnc5c(Br)cnn5c4)cc3)CC2)C1. The molecule has 0 unspecified atom stereocenters. The Morgan fingerprint density at radius 3 is 2.61 bits per heavy atom. The topological polar surface area (TPSA) is 62.9 Å². The van der Waals surface area contributed by atoms with Gasteiger partial charge in [-0.2, -0.15) is 5.10 Å². The van der Waals surface area contributed by atoms with Crippen molar-refractivity contribution in [1.82, 2.24) is 19.5 Å². The first kappa shape index (κ1) is 18.1. The van der Waals surface area contributed by atoms with E-state index in [0.29, 0.717) is 0 Å². The fraction of sp³-hybridized carbons (Fsp3) is 0.429. The number of ether oxygens (including phenoxy) is 1. The van der Waals surface area contributed by atoms with Crippen LogP contribution in [0.5, 0.6) is 5.75 Å². The van der Waals surface area contributed by atoms with Crippen molar-refractivity contribution in [2.24, 2.45) is 0 Å². The first-order valence-electron chi connectivity index (χ1n) is 9.65. The average Bonchev–Trinajstić information content (AvgIpc) is 3.19. The predicted molar refractivity (Wildman–Crippen MR) is 110 cm³/mol. The maximum atomic E-state index is 10.2. The highest BCUT2D eigenvalue weighted by molar-refractivity contribution is 9.10. The number of aromatic nitrogens is 3. The number of benzene rings is 1. The molecule has 3 aromatic rings. The lowest BCUT2D eigenvalue weighted by atomic mass is 10.1. The van der Waals surface area contributed by atoms with E-state index in [9.17, 15) is 5.11 Å². The minimum atomic E-state index is -0.559. The molecule has 2 fully saturated rings. The quantitative estimate of drug-likeness (QED) is 0.654. The summed E-state index contributed by atoms with van der Waals surface area (Å²) in [6.45, 7) is 4.48. The van der Waals surface area contributed by atoms with Gasteiger partial charge < -0.3 is 9.84 Å². The van der Waals surface area contributed by atoms with Gasteiger partial charge in [0.2, 0.25) is 0 Å². The summed E-state index contributed by atoms with van der Waals surface area (Å²) in [6, 6.07) is 8.18. The van der Waals surface area contributed by atoms with Crippen LogP contribution in [0.4, 0.5) is 0 Å². The summed E-state index contributed by atoms with van der Waals surface area (Å²) in [7, 11) is 0. The number of fused-ring (bicyclic) bond motifs is 1. The van der Waals surface area contributed by atoms with Gasteiger partial charge in [-0.1, -0.05) is 12.1 Å². The number of halogens is 1. The van der Waals surface area contributed by atoms with Crippen molar-refractivity contribution >= 4 is 21.6 Å². The first-order chi connectivity index (χ1) is 13.4. The van der Waals surface area contributed by atoms with Gasteiger partial charge in [-0.25, -0.2) is 9.50 Å². The monoisotopic (exact) mass is 442 g/mol.